The van der Waals surface area contributed by atoms with Crippen molar-refractivity contribution < 1.29 is 0 Å². The molecule has 1 spiro atoms. The van der Waals surface area contributed by atoms with Crippen LogP contribution in [-0.4, -0.2) is 4.57 Å². The molecule has 0 N–H and O–H groups in total. The Morgan fingerprint density at radius 3 is 1.96 bits per heavy atom. The third kappa shape index (κ3) is 4.58. The van der Waals surface area contributed by atoms with E-state index in [-0.39, 0.29) is 5.41 Å². The summed E-state index contributed by atoms with van der Waals surface area (Å²) in [6, 6.07) is 67.5. The molecule has 2 nitrogen and oxygen atoms in total. The van der Waals surface area contributed by atoms with Crippen molar-refractivity contribution in [3.05, 3.63) is 193 Å². The van der Waals surface area contributed by atoms with Crippen LogP contribution in [0.15, 0.2) is 182 Å². The lowest BCUT2D eigenvalue weighted by Crippen LogP contribution is -2.21. The van der Waals surface area contributed by atoms with E-state index < -0.39 is 0 Å². The molecule has 0 atom stereocenters. The van der Waals surface area contributed by atoms with Crippen molar-refractivity contribution in [1.82, 2.24) is 4.57 Å². The summed E-state index contributed by atoms with van der Waals surface area (Å²) < 4.78 is 2.40. The predicted molar refractivity (Wildman–Crippen MR) is 223 cm³/mol. The molecule has 9 aromatic rings. The molecule has 2 aliphatic carbocycles. The second-order valence-corrected chi connectivity index (χ2v) is 14.9. The monoisotopic (exact) mass is 678 g/mol. The van der Waals surface area contributed by atoms with Crippen LogP contribution in [-0.2, 0) is 5.41 Å². The molecule has 0 saturated heterocycles. The fraction of sp³-hybridized carbons (Fsp3) is 0.0980. The standard InChI is InChI=1S/C51H38N2/c1-2-15-38(16-3-1)53-49-21-9-7-19-44(49)45-29-25-37(33-50(45)53)35-23-26-39(27-24-35)52(48-22-12-14-36-13-4-5-17-41(36)48)40-28-30-43-42-18-6-8-20-46(42)51(47(43)34-40)31-10-11-32-51/h1-9,12-30,33-34H,10-11,31-32H2. The van der Waals surface area contributed by atoms with E-state index in [0.29, 0.717) is 0 Å². The molecule has 0 aliphatic heterocycles. The van der Waals surface area contributed by atoms with E-state index in [1.54, 1.807) is 0 Å². The molecular weight excluding hydrogens is 641 g/mol. The summed E-state index contributed by atoms with van der Waals surface area (Å²) in [5.74, 6) is 0. The minimum atomic E-state index is 0.108. The van der Waals surface area contributed by atoms with Gasteiger partial charge in [0, 0.05) is 38.6 Å². The highest BCUT2D eigenvalue weighted by Gasteiger charge is 2.45. The maximum atomic E-state index is 2.52. The van der Waals surface area contributed by atoms with E-state index in [9.17, 15) is 0 Å². The molecule has 0 amide bonds. The molecule has 0 unspecified atom stereocenters. The summed E-state index contributed by atoms with van der Waals surface area (Å²) in [7, 11) is 0. The fourth-order valence-corrected chi connectivity index (χ4v) is 9.74. The number of hydrogen-bond donors (Lipinski definition) is 0. The lowest BCUT2D eigenvalue weighted by molar-refractivity contribution is 0.550. The molecule has 1 saturated carbocycles. The average molecular weight is 679 g/mol. The van der Waals surface area contributed by atoms with Crippen LogP contribution in [0.2, 0.25) is 0 Å². The highest BCUT2D eigenvalue weighted by molar-refractivity contribution is 6.10. The van der Waals surface area contributed by atoms with Crippen molar-refractivity contribution in [3.63, 3.8) is 0 Å². The van der Waals surface area contributed by atoms with Crippen molar-refractivity contribution >= 4 is 49.6 Å². The van der Waals surface area contributed by atoms with E-state index in [4.69, 9.17) is 0 Å². The predicted octanol–water partition coefficient (Wildman–Crippen LogP) is 13.9. The first-order chi connectivity index (χ1) is 26.3. The van der Waals surface area contributed by atoms with Crippen LogP contribution in [0, 0.1) is 0 Å². The van der Waals surface area contributed by atoms with Gasteiger partial charge in [-0.1, -0.05) is 140 Å². The number of para-hydroxylation sites is 2. The molecule has 53 heavy (non-hydrogen) atoms. The molecule has 8 aromatic carbocycles. The van der Waals surface area contributed by atoms with E-state index in [1.165, 1.54) is 109 Å². The molecule has 2 aliphatic rings. The summed E-state index contributed by atoms with van der Waals surface area (Å²) in [4.78, 5) is 2.48. The van der Waals surface area contributed by atoms with Crippen LogP contribution in [0.25, 0.3) is 60.5 Å². The smallest absolute Gasteiger partial charge is 0.0547 e. The van der Waals surface area contributed by atoms with Crippen LogP contribution >= 0.6 is 0 Å². The van der Waals surface area contributed by atoms with Crippen molar-refractivity contribution in [2.75, 3.05) is 4.90 Å². The van der Waals surface area contributed by atoms with E-state index in [2.05, 4.69) is 191 Å². The summed E-state index contributed by atoms with van der Waals surface area (Å²) in [6.07, 6.45) is 5.00. The number of hydrogen-bond acceptors (Lipinski definition) is 1. The largest absolute Gasteiger partial charge is 0.310 e. The van der Waals surface area contributed by atoms with Crippen LogP contribution in [0.4, 0.5) is 17.1 Å². The number of aromatic nitrogens is 1. The third-order valence-corrected chi connectivity index (χ3v) is 12.1. The first-order valence-corrected chi connectivity index (χ1v) is 19.0. The van der Waals surface area contributed by atoms with Gasteiger partial charge in [0.2, 0.25) is 0 Å². The Morgan fingerprint density at radius 2 is 1.09 bits per heavy atom. The minimum absolute atomic E-state index is 0.108. The van der Waals surface area contributed by atoms with Gasteiger partial charge in [0.25, 0.3) is 0 Å². The second kappa shape index (κ2) is 11.8. The van der Waals surface area contributed by atoms with Crippen LogP contribution < -0.4 is 4.90 Å². The zero-order valence-electron chi connectivity index (χ0n) is 29.5. The molecule has 0 radical (unpaired) electrons. The Balaban J connectivity index is 1.06. The van der Waals surface area contributed by atoms with Crippen molar-refractivity contribution in [1.29, 1.82) is 0 Å². The maximum Gasteiger partial charge on any atom is 0.0547 e. The lowest BCUT2D eigenvalue weighted by Gasteiger charge is -2.30. The summed E-state index contributed by atoms with van der Waals surface area (Å²) in [5, 5.41) is 5.04. The Morgan fingerprint density at radius 1 is 0.434 bits per heavy atom. The first kappa shape index (κ1) is 30.3. The molecule has 2 heteroatoms. The van der Waals surface area contributed by atoms with Crippen molar-refractivity contribution in [2.45, 2.75) is 31.1 Å². The van der Waals surface area contributed by atoms with E-state index >= 15 is 0 Å². The Labute approximate surface area is 310 Å². The molecule has 11 rings (SSSR count). The van der Waals surface area contributed by atoms with Gasteiger partial charge >= 0.3 is 0 Å². The second-order valence-electron chi connectivity index (χ2n) is 14.9. The number of anilines is 3. The highest BCUT2D eigenvalue weighted by Crippen LogP contribution is 2.58. The quantitative estimate of drug-likeness (QED) is 0.176. The normalized spacial score (nSPS) is 14.3. The average Bonchev–Trinajstić information content (AvgIpc) is 3.92. The summed E-state index contributed by atoms with van der Waals surface area (Å²) in [6.45, 7) is 0. The zero-order chi connectivity index (χ0) is 34.9. The first-order valence-electron chi connectivity index (χ1n) is 19.0. The SMILES string of the molecule is c1ccc(-n2c3ccccc3c3ccc(-c4ccc(N(c5ccc6c(c5)C5(CCCC5)c5ccccc5-6)c5cccc6ccccc56)cc4)cc32)cc1. The van der Waals surface area contributed by atoms with Crippen LogP contribution in [0.3, 0.4) is 0 Å². The number of rotatable bonds is 5. The van der Waals surface area contributed by atoms with Gasteiger partial charge in [-0.05, 0) is 106 Å². The van der Waals surface area contributed by atoms with E-state index in [1.807, 2.05) is 0 Å². The fourth-order valence-electron chi connectivity index (χ4n) is 9.74. The molecular formula is C51H38N2. The van der Waals surface area contributed by atoms with Gasteiger partial charge in [0.1, 0.15) is 0 Å². The van der Waals surface area contributed by atoms with Crippen LogP contribution in [0.1, 0.15) is 36.8 Å². The third-order valence-electron chi connectivity index (χ3n) is 12.1. The minimum Gasteiger partial charge on any atom is -0.310 e. The summed E-state index contributed by atoms with van der Waals surface area (Å²) in [5.41, 5.74) is 15.5. The number of nitrogens with zero attached hydrogens (tertiary/aromatic N) is 2. The Kier molecular flexibility index (Phi) is 6.76. The Bertz CT molecular complexity index is 2830. The molecule has 0 bridgehead atoms. The van der Waals surface area contributed by atoms with Crippen molar-refractivity contribution in [3.8, 4) is 27.9 Å². The molecule has 252 valence electrons. The zero-order valence-corrected chi connectivity index (χ0v) is 29.5. The van der Waals surface area contributed by atoms with Crippen LogP contribution in [0.5, 0.6) is 0 Å². The maximum absolute atomic E-state index is 2.52. The number of benzene rings is 8. The van der Waals surface area contributed by atoms with Crippen molar-refractivity contribution in [2.24, 2.45) is 0 Å². The van der Waals surface area contributed by atoms with Gasteiger partial charge in [0.15, 0.2) is 0 Å². The van der Waals surface area contributed by atoms with Gasteiger partial charge in [-0.15, -0.1) is 0 Å². The molecule has 1 fully saturated rings. The van der Waals surface area contributed by atoms with Gasteiger partial charge in [0.05, 0.1) is 16.7 Å². The van der Waals surface area contributed by atoms with E-state index in [0.717, 1.165) is 5.69 Å². The van der Waals surface area contributed by atoms with Gasteiger partial charge in [-0.3, -0.25) is 0 Å². The summed E-state index contributed by atoms with van der Waals surface area (Å²) >= 11 is 0. The lowest BCUT2D eigenvalue weighted by atomic mass is 9.76. The molecule has 1 heterocycles. The Hall–Kier alpha value is -6.38. The number of fused-ring (bicyclic) bond motifs is 9. The topological polar surface area (TPSA) is 8.17 Å². The van der Waals surface area contributed by atoms with Gasteiger partial charge < -0.3 is 9.47 Å². The van der Waals surface area contributed by atoms with Gasteiger partial charge in [-0.2, -0.15) is 0 Å². The van der Waals surface area contributed by atoms with Gasteiger partial charge in [-0.25, -0.2) is 0 Å². The molecule has 1 aromatic heterocycles. The highest BCUT2D eigenvalue weighted by atomic mass is 15.1.